The van der Waals surface area contributed by atoms with Gasteiger partial charge < -0.3 is 9.47 Å². The molecule has 0 saturated carbocycles. The highest BCUT2D eigenvalue weighted by atomic mass is 19.1. The summed E-state index contributed by atoms with van der Waals surface area (Å²) in [6.45, 7) is 3.51. The SMILES string of the molecule is CCC1COC(c2ccc3c(F)c(CCc4ccc(F)cc4)ccc3c2)OC1. The van der Waals surface area contributed by atoms with Crippen LogP contribution >= 0.6 is 0 Å². The minimum Gasteiger partial charge on any atom is -0.348 e. The van der Waals surface area contributed by atoms with Gasteiger partial charge in [0.25, 0.3) is 0 Å². The summed E-state index contributed by atoms with van der Waals surface area (Å²) in [5.74, 6) is -0.00640. The van der Waals surface area contributed by atoms with Crippen molar-refractivity contribution in [2.24, 2.45) is 5.92 Å². The number of halogens is 2. The van der Waals surface area contributed by atoms with E-state index in [0.29, 0.717) is 42.9 Å². The maximum atomic E-state index is 15.0. The van der Waals surface area contributed by atoms with Crippen LogP contribution in [0.3, 0.4) is 0 Å². The van der Waals surface area contributed by atoms with Gasteiger partial charge in [0.2, 0.25) is 0 Å². The zero-order chi connectivity index (χ0) is 19.5. The average molecular weight is 382 g/mol. The molecule has 1 aliphatic heterocycles. The van der Waals surface area contributed by atoms with E-state index in [1.54, 1.807) is 18.2 Å². The summed E-state index contributed by atoms with van der Waals surface area (Å²) >= 11 is 0. The van der Waals surface area contributed by atoms with E-state index >= 15 is 0 Å². The van der Waals surface area contributed by atoms with Gasteiger partial charge in [0.05, 0.1) is 13.2 Å². The van der Waals surface area contributed by atoms with E-state index in [2.05, 4.69) is 6.92 Å². The van der Waals surface area contributed by atoms with Gasteiger partial charge in [-0.05, 0) is 54.0 Å². The molecule has 3 aromatic carbocycles. The molecule has 28 heavy (non-hydrogen) atoms. The van der Waals surface area contributed by atoms with Gasteiger partial charge in [-0.15, -0.1) is 0 Å². The summed E-state index contributed by atoms with van der Waals surface area (Å²) in [4.78, 5) is 0. The highest BCUT2D eigenvalue weighted by molar-refractivity contribution is 5.84. The van der Waals surface area contributed by atoms with Crippen molar-refractivity contribution < 1.29 is 18.3 Å². The van der Waals surface area contributed by atoms with Crippen LogP contribution in [0.4, 0.5) is 8.78 Å². The lowest BCUT2D eigenvalue weighted by molar-refractivity contribution is -0.205. The summed E-state index contributed by atoms with van der Waals surface area (Å²) < 4.78 is 39.6. The molecule has 0 aromatic heterocycles. The Morgan fingerprint density at radius 3 is 2.36 bits per heavy atom. The number of hydrogen-bond acceptors (Lipinski definition) is 2. The second kappa shape index (κ2) is 8.38. The summed E-state index contributed by atoms with van der Waals surface area (Å²) in [7, 11) is 0. The molecule has 2 nitrogen and oxygen atoms in total. The van der Waals surface area contributed by atoms with Crippen LogP contribution in [0, 0.1) is 17.6 Å². The Bertz CT molecular complexity index is 945. The molecule has 1 aliphatic rings. The first kappa shape index (κ1) is 19.0. The van der Waals surface area contributed by atoms with Crippen molar-refractivity contribution in [2.75, 3.05) is 13.2 Å². The zero-order valence-electron chi connectivity index (χ0n) is 16.0. The van der Waals surface area contributed by atoms with Crippen LogP contribution < -0.4 is 0 Å². The van der Waals surface area contributed by atoms with Gasteiger partial charge in [-0.2, -0.15) is 0 Å². The molecule has 146 valence electrons. The van der Waals surface area contributed by atoms with E-state index < -0.39 is 0 Å². The lowest BCUT2D eigenvalue weighted by atomic mass is 9.99. The van der Waals surface area contributed by atoms with Gasteiger partial charge in [-0.1, -0.05) is 43.3 Å². The Morgan fingerprint density at radius 1 is 0.893 bits per heavy atom. The van der Waals surface area contributed by atoms with Gasteiger partial charge >= 0.3 is 0 Å². The molecular formula is C24H24F2O2. The van der Waals surface area contributed by atoms with Crippen molar-refractivity contribution in [3.05, 3.63) is 82.9 Å². The molecule has 1 heterocycles. The molecule has 1 fully saturated rings. The van der Waals surface area contributed by atoms with Crippen LogP contribution in [0.25, 0.3) is 10.8 Å². The molecule has 3 aromatic rings. The van der Waals surface area contributed by atoms with Crippen molar-refractivity contribution >= 4 is 10.8 Å². The number of fused-ring (bicyclic) bond motifs is 1. The molecule has 0 bridgehead atoms. The molecule has 1 saturated heterocycles. The fourth-order valence-corrected chi connectivity index (χ4v) is 3.60. The standard InChI is InChI=1S/C24H24F2O2/c1-2-16-14-27-24(28-15-16)20-9-12-22-19(13-20)8-7-18(23(22)26)6-3-17-4-10-21(25)11-5-17/h4-5,7-13,16,24H,2-3,6,14-15H2,1H3. The van der Waals surface area contributed by atoms with Gasteiger partial charge in [-0.25, -0.2) is 8.78 Å². The molecule has 4 rings (SSSR count). The number of benzene rings is 3. The number of hydrogen-bond donors (Lipinski definition) is 0. The fourth-order valence-electron chi connectivity index (χ4n) is 3.60. The predicted octanol–water partition coefficient (Wildman–Crippen LogP) is 5.97. The van der Waals surface area contributed by atoms with E-state index in [-0.39, 0.29) is 17.9 Å². The van der Waals surface area contributed by atoms with Crippen LogP contribution in [0.5, 0.6) is 0 Å². The molecule has 0 aliphatic carbocycles. The minimum atomic E-state index is -0.381. The van der Waals surface area contributed by atoms with Gasteiger partial charge in [0, 0.05) is 16.9 Å². The summed E-state index contributed by atoms with van der Waals surface area (Å²) in [6, 6.07) is 15.8. The average Bonchev–Trinajstić information content (AvgIpc) is 2.74. The topological polar surface area (TPSA) is 18.5 Å². The zero-order valence-corrected chi connectivity index (χ0v) is 16.0. The first-order chi connectivity index (χ1) is 13.6. The molecule has 0 radical (unpaired) electrons. The largest absolute Gasteiger partial charge is 0.348 e. The van der Waals surface area contributed by atoms with Crippen LogP contribution in [-0.4, -0.2) is 13.2 Å². The quantitative estimate of drug-likeness (QED) is 0.541. The van der Waals surface area contributed by atoms with Crippen LogP contribution in [-0.2, 0) is 22.3 Å². The summed E-state index contributed by atoms with van der Waals surface area (Å²) in [6.07, 6.45) is 1.90. The lowest BCUT2D eigenvalue weighted by Crippen LogP contribution is -2.26. The molecular weight excluding hydrogens is 358 g/mol. The van der Waals surface area contributed by atoms with Crippen LogP contribution in [0.15, 0.2) is 54.6 Å². The van der Waals surface area contributed by atoms with Crippen molar-refractivity contribution in [1.29, 1.82) is 0 Å². The van der Waals surface area contributed by atoms with E-state index in [9.17, 15) is 8.78 Å². The number of ether oxygens (including phenoxy) is 2. The first-order valence-electron chi connectivity index (χ1n) is 9.82. The Balaban J connectivity index is 1.50. The van der Waals surface area contributed by atoms with Crippen LogP contribution in [0.2, 0.25) is 0 Å². The molecule has 0 unspecified atom stereocenters. The van der Waals surface area contributed by atoms with Gasteiger partial charge in [0.1, 0.15) is 11.6 Å². The molecule has 0 amide bonds. The van der Waals surface area contributed by atoms with Crippen molar-refractivity contribution in [3.8, 4) is 0 Å². The smallest absolute Gasteiger partial charge is 0.183 e. The summed E-state index contributed by atoms with van der Waals surface area (Å²) in [5.41, 5.74) is 2.58. The third-order valence-electron chi connectivity index (χ3n) is 5.47. The maximum Gasteiger partial charge on any atom is 0.183 e. The van der Waals surface area contributed by atoms with Crippen molar-refractivity contribution in [3.63, 3.8) is 0 Å². The number of aryl methyl sites for hydroxylation is 2. The predicted molar refractivity (Wildman–Crippen MR) is 106 cm³/mol. The van der Waals surface area contributed by atoms with Crippen molar-refractivity contribution in [1.82, 2.24) is 0 Å². The summed E-state index contributed by atoms with van der Waals surface area (Å²) in [5, 5.41) is 1.44. The Kier molecular flexibility index (Phi) is 5.69. The first-order valence-corrected chi connectivity index (χ1v) is 9.82. The second-order valence-electron chi connectivity index (χ2n) is 7.42. The van der Waals surface area contributed by atoms with Gasteiger partial charge in [0.15, 0.2) is 6.29 Å². The Morgan fingerprint density at radius 2 is 1.64 bits per heavy atom. The maximum absolute atomic E-state index is 15.0. The molecule has 0 N–H and O–H groups in total. The van der Waals surface area contributed by atoms with E-state index in [0.717, 1.165) is 22.9 Å². The highest BCUT2D eigenvalue weighted by Gasteiger charge is 2.23. The molecule has 0 spiro atoms. The van der Waals surface area contributed by atoms with Gasteiger partial charge in [-0.3, -0.25) is 0 Å². The minimum absolute atomic E-state index is 0.192. The second-order valence-corrected chi connectivity index (χ2v) is 7.42. The highest BCUT2D eigenvalue weighted by Crippen LogP contribution is 2.30. The monoisotopic (exact) mass is 382 g/mol. The third kappa shape index (κ3) is 4.08. The van der Waals surface area contributed by atoms with E-state index in [1.165, 1.54) is 12.1 Å². The molecule has 4 heteroatoms. The molecule has 0 atom stereocenters. The Labute approximate surface area is 164 Å². The van der Waals surface area contributed by atoms with E-state index in [4.69, 9.17) is 9.47 Å². The third-order valence-corrected chi connectivity index (χ3v) is 5.47. The lowest BCUT2D eigenvalue weighted by Gasteiger charge is -2.29. The normalized spacial score (nSPS) is 19.8. The van der Waals surface area contributed by atoms with Crippen molar-refractivity contribution in [2.45, 2.75) is 32.5 Å². The Hall–Kier alpha value is -2.30. The van der Waals surface area contributed by atoms with E-state index in [1.807, 2.05) is 24.3 Å². The fraction of sp³-hybridized carbons (Fsp3) is 0.333. The van der Waals surface area contributed by atoms with Crippen LogP contribution in [0.1, 0.15) is 36.3 Å². The number of rotatable bonds is 5.